The van der Waals surface area contributed by atoms with Crippen LogP contribution >= 0.6 is 0 Å². The van der Waals surface area contributed by atoms with Crippen molar-refractivity contribution in [2.45, 2.75) is 19.3 Å². The van der Waals surface area contributed by atoms with Gasteiger partial charge in [0.05, 0.1) is 0 Å². The number of carboxylic acid groups (broad SMARTS) is 1. The molecule has 1 aliphatic rings. The molecule has 0 aliphatic heterocycles. The Morgan fingerprint density at radius 3 is 2.84 bits per heavy atom. The van der Waals surface area contributed by atoms with Crippen LogP contribution in [0.25, 0.3) is 6.08 Å². The number of hydrogen-bond donors (Lipinski definition) is 1. The van der Waals surface area contributed by atoms with Gasteiger partial charge in [-0.1, -0.05) is 12.5 Å². The predicted molar refractivity (Wildman–Crippen MR) is 73.7 cm³/mol. The van der Waals surface area contributed by atoms with Gasteiger partial charge in [-0.3, -0.25) is 0 Å². The van der Waals surface area contributed by atoms with E-state index in [1.165, 1.54) is 31.4 Å². The Hall–Kier alpha value is -1.84. The Labute approximate surface area is 112 Å². The minimum atomic E-state index is -1.07. The normalized spacial score (nSPS) is 15.5. The molecule has 0 bridgehead atoms. The highest BCUT2D eigenvalue weighted by atomic mass is 19.1. The molecule has 1 aromatic carbocycles. The van der Waals surface area contributed by atoms with Crippen LogP contribution in [0, 0.1) is 11.7 Å². The third-order valence-corrected chi connectivity index (χ3v) is 3.59. The lowest BCUT2D eigenvalue weighted by atomic mass is 9.85. The van der Waals surface area contributed by atoms with E-state index in [1.54, 1.807) is 6.07 Å². The Kier molecular flexibility index (Phi) is 4.20. The number of rotatable bonds is 5. The number of aliphatic carboxylic acids is 1. The molecule has 102 valence electrons. The van der Waals surface area contributed by atoms with Crippen molar-refractivity contribution in [1.29, 1.82) is 0 Å². The van der Waals surface area contributed by atoms with E-state index in [0.717, 1.165) is 18.3 Å². The fourth-order valence-corrected chi connectivity index (χ4v) is 2.34. The first kappa shape index (κ1) is 13.6. The van der Waals surface area contributed by atoms with Crippen molar-refractivity contribution < 1.29 is 14.3 Å². The molecule has 19 heavy (non-hydrogen) atoms. The van der Waals surface area contributed by atoms with Gasteiger partial charge < -0.3 is 10.0 Å². The zero-order valence-electron chi connectivity index (χ0n) is 11.0. The van der Waals surface area contributed by atoms with E-state index in [9.17, 15) is 9.18 Å². The summed E-state index contributed by atoms with van der Waals surface area (Å²) in [6.07, 6.45) is 6.01. The van der Waals surface area contributed by atoms with E-state index in [4.69, 9.17) is 5.11 Å². The fraction of sp³-hybridized carbons (Fsp3) is 0.400. The summed E-state index contributed by atoms with van der Waals surface area (Å²) in [5.74, 6) is -0.795. The number of carbonyl (C=O) groups is 1. The minimum Gasteiger partial charge on any atom is -0.478 e. The molecule has 0 spiro atoms. The largest absolute Gasteiger partial charge is 0.478 e. The average molecular weight is 263 g/mol. The SMILES string of the molecule is CN(CC1CCC1)c1cccc(F)c1/C=C/C(=O)O. The van der Waals surface area contributed by atoms with Gasteiger partial charge in [0.2, 0.25) is 0 Å². The fourth-order valence-electron chi connectivity index (χ4n) is 2.34. The molecule has 1 saturated carbocycles. The molecule has 1 fully saturated rings. The maximum Gasteiger partial charge on any atom is 0.328 e. The van der Waals surface area contributed by atoms with Crippen molar-refractivity contribution in [3.63, 3.8) is 0 Å². The molecule has 1 N–H and O–H groups in total. The second-order valence-electron chi connectivity index (χ2n) is 5.02. The highest BCUT2D eigenvalue weighted by Gasteiger charge is 2.20. The quantitative estimate of drug-likeness (QED) is 0.830. The molecule has 1 aliphatic carbocycles. The minimum absolute atomic E-state index is 0.340. The number of anilines is 1. The lowest BCUT2D eigenvalue weighted by Gasteiger charge is -2.32. The molecule has 0 radical (unpaired) electrons. The number of carboxylic acids is 1. The Bertz CT molecular complexity index is 495. The van der Waals surface area contributed by atoms with Crippen LogP contribution in [0.4, 0.5) is 10.1 Å². The number of hydrogen-bond acceptors (Lipinski definition) is 2. The van der Waals surface area contributed by atoms with Crippen LogP contribution in [0.1, 0.15) is 24.8 Å². The maximum absolute atomic E-state index is 13.8. The molecule has 0 aromatic heterocycles. The van der Waals surface area contributed by atoms with Gasteiger partial charge in [-0.05, 0) is 37.0 Å². The summed E-state index contributed by atoms with van der Waals surface area (Å²) in [5, 5.41) is 8.66. The standard InChI is InChI=1S/C15H18FNO2/c1-17(10-11-4-2-5-11)14-7-3-6-13(16)12(14)8-9-15(18)19/h3,6-9,11H,2,4-5,10H2,1H3,(H,18,19)/b9-8+. The number of nitrogens with zero attached hydrogens (tertiary/aromatic N) is 1. The van der Waals surface area contributed by atoms with Crippen molar-refractivity contribution in [2.75, 3.05) is 18.5 Å². The third kappa shape index (κ3) is 3.34. The van der Waals surface area contributed by atoms with Crippen LogP contribution < -0.4 is 4.90 Å². The van der Waals surface area contributed by atoms with Crippen LogP contribution in [0.3, 0.4) is 0 Å². The van der Waals surface area contributed by atoms with Gasteiger partial charge >= 0.3 is 5.97 Å². The zero-order valence-corrected chi connectivity index (χ0v) is 11.0. The summed E-state index contributed by atoms with van der Waals surface area (Å²) in [6.45, 7) is 0.886. The van der Waals surface area contributed by atoms with Crippen molar-refractivity contribution in [2.24, 2.45) is 5.92 Å². The smallest absolute Gasteiger partial charge is 0.328 e. The molecule has 3 nitrogen and oxygen atoms in total. The first-order valence-electron chi connectivity index (χ1n) is 6.48. The summed E-state index contributed by atoms with van der Waals surface area (Å²) in [6, 6.07) is 4.82. The van der Waals surface area contributed by atoms with Crippen LogP contribution in [0.2, 0.25) is 0 Å². The molecule has 0 unspecified atom stereocenters. The van der Waals surface area contributed by atoms with Gasteiger partial charge in [0.1, 0.15) is 5.82 Å². The molecule has 4 heteroatoms. The van der Waals surface area contributed by atoms with E-state index in [1.807, 2.05) is 18.0 Å². The third-order valence-electron chi connectivity index (χ3n) is 3.59. The van der Waals surface area contributed by atoms with Gasteiger partial charge in [-0.25, -0.2) is 9.18 Å². The Morgan fingerprint density at radius 2 is 2.26 bits per heavy atom. The Morgan fingerprint density at radius 1 is 1.53 bits per heavy atom. The monoisotopic (exact) mass is 263 g/mol. The second kappa shape index (κ2) is 5.87. The average Bonchev–Trinajstić information content (AvgIpc) is 2.31. The number of benzene rings is 1. The van der Waals surface area contributed by atoms with Crippen LogP contribution in [0.5, 0.6) is 0 Å². The van der Waals surface area contributed by atoms with E-state index in [0.29, 0.717) is 11.5 Å². The van der Waals surface area contributed by atoms with Gasteiger partial charge in [-0.2, -0.15) is 0 Å². The summed E-state index contributed by atoms with van der Waals surface area (Å²) in [5.41, 5.74) is 1.08. The molecular weight excluding hydrogens is 245 g/mol. The zero-order chi connectivity index (χ0) is 13.8. The van der Waals surface area contributed by atoms with Crippen LogP contribution in [-0.2, 0) is 4.79 Å². The predicted octanol–water partition coefficient (Wildman–Crippen LogP) is 3.16. The Balaban J connectivity index is 2.22. The van der Waals surface area contributed by atoms with E-state index in [-0.39, 0.29) is 0 Å². The highest BCUT2D eigenvalue weighted by molar-refractivity contribution is 5.87. The van der Waals surface area contributed by atoms with Crippen molar-refractivity contribution in [3.05, 3.63) is 35.7 Å². The van der Waals surface area contributed by atoms with E-state index < -0.39 is 11.8 Å². The highest BCUT2D eigenvalue weighted by Crippen LogP contribution is 2.30. The molecule has 0 heterocycles. The number of halogens is 1. The molecular formula is C15H18FNO2. The summed E-state index contributed by atoms with van der Waals surface area (Å²) >= 11 is 0. The van der Waals surface area contributed by atoms with Gasteiger partial charge in [-0.15, -0.1) is 0 Å². The summed E-state index contributed by atoms with van der Waals surface area (Å²) in [7, 11) is 1.92. The van der Waals surface area contributed by atoms with Crippen LogP contribution in [-0.4, -0.2) is 24.7 Å². The van der Waals surface area contributed by atoms with Crippen molar-refractivity contribution in [3.8, 4) is 0 Å². The van der Waals surface area contributed by atoms with Gasteiger partial charge in [0, 0.05) is 30.9 Å². The van der Waals surface area contributed by atoms with Crippen molar-refractivity contribution >= 4 is 17.7 Å². The van der Waals surface area contributed by atoms with Crippen molar-refractivity contribution in [1.82, 2.24) is 0 Å². The van der Waals surface area contributed by atoms with E-state index in [2.05, 4.69) is 0 Å². The van der Waals surface area contributed by atoms with E-state index >= 15 is 0 Å². The van der Waals surface area contributed by atoms with Gasteiger partial charge in [0.25, 0.3) is 0 Å². The molecule has 0 atom stereocenters. The molecule has 1 aromatic rings. The van der Waals surface area contributed by atoms with Gasteiger partial charge in [0.15, 0.2) is 0 Å². The molecule has 0 amide bonds. The summed E-state index contributed by atoms with van der Waals surface area (Å²) in [4.78, 5) is 12.6. The second-order valence-corrected chi connectivity index (χ2v) is 5.02. The lowest BCUT2D eigenvalue weighted by molar-refractivity contribution is -0.131. The lowest BCUT2D eigenvalue weighted by Crippen LogP contribution is -2.29. The topological polar surface area (TPSA) is 40.5 Å². The molecule has 2 rings (SSSR count). The molecule has 0 saturated heterocycles. The maximum atomic E-state index is 13.8. The first-order chi connectivity index (χ1) is 9.08. The van der Waals surface area contributed by atoms with Crippen LogP contribution in [0.15, 0.2) is 24.3 Å². The summed E-state index contributed by atoms with van der Waals surface area (Å²) < 4.78 is 13.8. The first-order valence-corrected chi connectivity index (χ1v) is 6.48.